The molecule has 2 rings (SSSR count). The first kappa shape index (κ1) is 15.5. The topological polar surface area (TPSA) is 73.8 Å². The van der Waals surface area contributed by atoms with Gasteiger partial charge in [0.1, 0.15) is 5.60 Å². The van der Waals surface area contributed by atoms with Gasteiger partial charge in [0, 0.05) is 32.2 Å². The van der Waals surface area contributed by atoms with Crippen LogP contribution in [0, 0.1) is 0 Å². The molecule has 0 aromatic carbocycles. The fourth-order valence-electron chi connectivity index (χ4n) is 2.63. The Kier molecular flexibility index (Phi) is 4.56. The smallest absolute Gasteiger partial charge is 0.410 e. The molecule has 2 unspecified atom stereocenters. The van der Waals surface area contributed by atoms with Gasteiger partial charge in [-0.25, -0.2) is 4.79 Å². The van der Waals surface area contributed by atoms with Crippen LogP contribution in [0.2, 0.25) is 0 Å². The van der Waals surface area contributed by atoms with Gasteiger partial charge in [-0.1, -0.05) is 0 Å². The van der Waals surface area contributed by atoms with E-state index in [0.29, 0.717) is 26.2 Å². The number of β-amino-alcohol motifs (C(OH)–C–C–N with tert-alkyl or cyclic N) is 1. The van der Waals surface area contributed by atoms with Gasteiger partial charge < -0.3 is 25.4 Å². The molecule has 0 aromatic rings. The Morgan fingerprint density at radius 3 is 2.90 bits per heavy atom. The molecule has 2 heterocycles. The van der Waals surface area contributed by atoms with Crippen molar-refractivity contribution in [3.05, 3.63) is 0 Å². The SMILES string of the molecule is CC(C)(C)OC(=O)N1CCC(NCC2(O)CCNC2)C1. The van der Waals surface area contributed by atoms with Crippen LogP contribution in [0.25, 0.3) is 0 Å². The summed E-state index contributed by atoms with van der Waals surface area (Å²) in [6, 6.07) is 0.243. The minimum absolute atomic E-state index is 0.243. The molecule has 2 aliphatic heterocycles. The van der Waals surface area contributed by atoms with Gasteiger partial charge in [-0.05, 0) is 40.2 Å². The zero-order valence-electron chi connectivity index (χ0n) is 12.7. The van der Waals surface area contributed by atoms with Crippen LogP contribution in [0.15, 0.2) is 0 Å². The molecule has 2 fully saturated rings. The Morgan fingerprint density at radius 1 is 1.55 bits per heavy atom. The average Bonchev–Trinajstić information content (AvgIpc) is 2.93. The molecule has 6 nitrogen and oxygen atoms in total. The van der Waals surface area contributed by atoms with Crippen molar-refractivity contribution in [2.45, 2.75) is 50.9 Å². The molecule has 0 aromatic heterocycles. The molecule has 2 aliphatic rings. The zero-order chi connectivity index (χ0) is 14.8. The fraction of sp³-hybridized carbons (Fsp3) is 0.929. The molecule has 0 saturated carbocycles. The molecule has 2 saturated heterocycles. The number of nitrogens with zero attached hydrogens (tertiary/aromatic N) is 1. The van der Waals surface area contributed by atoms with Crippen LogP contribution in [-0.2, 0) is 4.74 Å². The predicted octanol–water partition coefficient (Wildman–Crippen LogP) is 0.310. The van der Waals surface area contributed by atoms with E-state index >= 15 is 0 Å². The average molecular weight is 285 g/mol. The van der Waals surface area contributed by atoms with Gasteiger partial charge in [0.05, 0.1) is 5.60 Å². The Morgan fingerprint density at radius 2 is 2.30 bits per heavy atom. The van der Waals surface area contributed by atoms with Crippen molar-refractivity contribution in [2.24, 2.45) is 0 Å². The lowest BCUT2D eigenvalue weighted by molar-refractivity contribution is 0.0287. The summed E-state index contributed by atoms with van der Waals surface area (Å²) >= 11 is 0. The van der Waals surface area contributed by atoms with E-state index in [4.69, 9.17) is 4.74 Å². The third kappa shape index (κ3) is 4.33. The maximum atomic E-state index is 11.9. The van der Waals surface area contributed by atoms with E-state index in [2.05, 4.69) is 10.6 Å². The summed E-state index contributed by atoms with van der Waals surface area (Å²) < 4.78 is 5.37. The second kappa shape index (κ2) is 5.87. The van der Waals surface area contributed by atoms with E-state index in [1.165, 1.54) is 0 Å². The van der Waals surface area contributed by atoms with Crippen molar-refractivity contribution in [2.75, 3.05) is 32.7 Å². The van der Waals surface area contributed by atoms with E-state index in [1.807, 2.05) is 20.8 Å². The van der Waals surface area contributed by atoms with Crippen LogP contribution in [0.4, 0.5) is 4.79 Å². The van der Waals surface area contributed by atoms with Gasteiger partial charge in [-0.2, -0.15) is 0 Å². The highest BCUT2D eigenvalue weighted by Gasteiger charge is 2.34. The summed E-state index contributed by atoms with van der Waals surface area (Å²) in [5, 5.41) is 16.8. The number of hydrogen-bond acceptors (Lipinski definition) is 5. The Balaban J connectivity index is 1.73. The van der Waals surface area contributed by atoms with Crippen molar-refractivity contribution in [1.82, 2.24) is 15.5 Å². The van der Waals surface area contributed by atoms with Crippen LogP contribution in [0.3, 0.4) is 0 Å². The summed E-state index contributed by atoms with van der Waals surface area (Å²) in [5.74, 6) is 0. The largest absolute Gasteiger partial charge is 0.444 e. The lowest BCUT2D eigenvalue weighted by Gasteiger charge is -2.26. The molecule has 1 amide bonds. The van der Waals surface area contributed by atoms with E-state index in [-0.39, 0.29) is 12.1 Å². The summed E-state index contributed by atoms with van der Waals surface area (Å²) in [4.78, 5) is 13.7. The Hall–Kier alpha value is -0.850. The minimum Gasteiger partial charge on any atom is -0.444 e. The normalized spacial score (nSPS) is 30.8. The van der Waals surface area contributed by atoms with Crippen LogP contribution in [-0.4, -0.2) is 66.1 Å². The number of likely N-dealkylation sites (tertiary alicyclic amines) is 1. The Labute approximate surface area is 120 Å². The van der Waals surface area contributed by atoms with Crippen molar-refractivity contribution in [3.63, 3.8) is 0 Å². The molecule has 2 atom stereocenters. The number of amides is 1. The van der Waals surface area contributed by atoms with Crippen molar-refractivity contribution < 1.29 is 14.6 Å². The van der Waals surface area contributed by atoms with E-state index in [1.54, 1.807) is 4.90 Å². The number of aliphatic hydroxyl groups is 1. The summed E-state index contributed by atoms with van der Waals surface area (Å²) in [7, 11) is 0. The number of carbonyl (C=O) groups is 1. The van der Waals surface area contributed by atoms with Gasteiger partial charge in [0.2, 0.25) is 0 Å². The van der Waals surface area contributed by atoms with Gasteiger partial charge >= 0.3 is 6.09 Å². The van der Waals surface area contributed by atoms with Gasteiger partial charge in [0.25, 0.3) is 0 Å². The molecule has 3 N–H and O–H groups in total. The lowest BCUT2D eigenvalue weighted by Crippen LogP contribution is -2.47. The van der Waals surface area contributed by atoms with Gasteiger partial charge in [0.15, 0.2) is 0 Å². The monoisotopic (exact) mass is 285 g/mol. The van der Waals surface area contributed by atoms with Crippen LogP contribution in [0.5, 0.6) is 0 Å². The maximum Gasteiger partial charge on any atom is 0.410 e. The second-order valence-corrected chi connectivity index (χ2v) is 6.94. The second-order valence-electron chi connectivity index (χ2n) is 6.94. The van der Waals surface area contributed by atoms with Gasteiger partial charge in [-0.15, -0.1) is 0 Å². The fourth-order valence-corrected chi connectivity index (χ4v) is 2.63. The van der Waals surface area contributed by atoms with Crippen LogP contribution in [0.1, 0.15) is 33.6 Å². The van der Waals surface area contributed by atoms with Crippen molar-refractivity contribution >= 4 is 6.09 Å². The number of carbonyl (C=O) groups excluding carboxylic acids is 1. The standard InChI is InChI=1S/C14H27N3O3/c1-13(2,3)20-12(18)17-7-4-11(8-17)16-10-14(19)5-6-15-9-14/h11,15-16,19H,4-10H2,1-3H3. The molecule has 6 heteroatoms. The van der Waals surface area contributed by atoms with Crippen LogP contribution >= 0.6 is 0 Å². The van der Waals surface area contributed by atoms with Crippen molar-refractivity contribution in [3.8, 4) is 0 Å². The lowest BCUT2D eigenvalue weighted by atomic mass is 10.0. The number of hydrogen-bond donors (Lipinski definition) is 3. The highest BCUT2D eigenvalue weighted by Crippen LogP contribution is 2.17. The molecule has 116 valence electrons. The molecule has 0 radical (unpaired) electrons. The maximum absolute atomic E-state index is 11.9. The number of rotatable bonds is 3. The summed E-state index contributed by atoms with van der Waals surface area (Å²) in [5.41, 5.74) is -1.09. The third-order valence-corrected chi connectivity index (χ3v) is 3.78. The number of nitrogens with one attached hydrogen (secondary N) is 2. The first-order valence-electron chi connectivity index (χ1n) is 7.42. The van der Waals surface area contributed by atoms with E-state index in [0.717, 1.165) is 19.4 Å². The first-order chi connectivity index (χ1) is 9.27. The molecule has 0 bridgehead atoms. The van der Waals surface area contributed by atoms with Gasteiger partial charge in [-0.3, -0.25) is 0 Å². The zero-order valence-corrected chi connectivity index (χ0v) is 12.7. The van der Waals surface area contributed by atoms with Crippen LogP contribution < -0.4 is 10.6 Å². The quantitative estimate of drug-likeness (QED) is 0.696. The minimum atomic E-state index is -0.640. The Bertz CT molecular complexity index is 348. The molecule has 0 aliphatic carbocycles. The molecule has 20 heavy (non-hydrogen) atoms. The molecular weight excluding hydrogens is 258 g/mol. The first-order valence-corrected chi connectivity index (χ1v) is 7.42. The summed E-state index contributed by atoms with van der Waals surface area (Å²) in [6.07, 6.45) is 1.44. The van der Waals surface area contributed by atoms with Crippen molar-refractivity contribution in [1.29, 1.82) is 0 Å². The summed E-state index contributed by atoms with van der Waals surface area (Å²) in [6.45, 7) is 9.07. The molecule has 0 spiro atoms. The van der Waals surface area contributed by atoms with E-state index in [9.17, 15) is 9.90 Å². The highest BCUT2D eigenvalue weighted by atomic mass is 16.6. The predicted molar refractivity (Wildman–Crippen MR) is 76.7 cm³/mol. The highest BCUT2D eigenvalue weighted by molar-refractivity contribution is 5.68. The molecular formula is C14H27N3O3. The number of ether oxygens (including phenoxy) is 1. The third-order valence-electron chi connectivity index (χ3n) is 3.78. The van der Waals surface area contributed by atoms with E-state index < -0.39 is 11.2 Å².